The van der Waals surface area contributed by atoms with Gasteiger partial charge in [0.1, 0.15) is 0 Å². The van der Waals surface area contributed by atoms with Crippen molar-refractivity contribution >= 4 is 28.8 Å². The Balaban J connectivity index is 2.03. The van der Waals surface area contributed by atoms with Crippen molar-refractivity contribution in [1.29, 1.82) is 0 Å². The molecule has 88 valence electrons. The van der Waals surface area contributed by atoms with Gasteiger partial charge in [0.05, 0.1) is 5.56 Å². The van der Waals surface area contributed by atoms with E-state index in [1.807, 2.05) is 16.3 Å². The van der Waals surface area contributed by atoms with Gasteiger partial charge in [0.15, 0.2) is 0 Å². The monoisotopic (exact) mass is 257 g/mol. The highest BCUT2D eigenvalue weighted by Gasteiger charge is 2.22. The molecule has 1 aliphatic rings. The molecule has 0 aliphatic carbocycles. The maximum atomic E-state index is 12.2. The summed E-state index contributed by atoms with van der Waals surface area (Å²) in [5.74, 6) is 0.898. The zero-order valence-electron chi connectivity index (χ0n) is 9.25. The van der Waals surface area contributed by atoms with Gasteiger partial charge in [-0.2, -0.15) is 0 Å². The van der Waals surface area contributed by atoms with E-state index in [2.05, 4.69) is 0 Å². The molecule has 0 bridgehead atoms. The van der Waals surface area contributed by atoms with E-state index in [4.69, 9.17) is 11.6 Å². The number of unbranched alkanes of at least 4 members (excludes halogenated alkanes) is 1. The second-order valence-corrected chi connectivity index (χ2v) is 5.43. The number of hydrogen-bond acceptors (Lipinski definition) is 2. The smallest absolute Gasteiger partial charge is 0.254 e. The van der Waals surface area contributed by atoms with Crippen molar-refractivity contribution in [2.45, 2.75) is 25.7 Å². The van der Waals surface area contributed by atoms with Crippen molar-refractivity contribution in [1.82, 2.24) is 4.90 Å². The predicted molar refractivity (Wildman–Crippen MR) is 68.5 cm³/mol. The van der Waals surface area contributed by atoms with Crippen LogP contribution in [0.25, 0.3) is 0 Å². The lowest BCUT2D eigenvalue weighted by Gasteiger charge is -2.20. The zero-order valence-corrected chi connectivity index (χ0v) is 10.8. The average Bonchev–Trinajstić information content (AvgIpc) is 2.69. The molecule has 0 N–H and O–H groups in total. The van der Waals surface area contributed by atoms with Gasteiger partial charge in [-0.15, -0.1) is 22.9 Å². The number of alkyl halides is 1. The molecule has 1 amide bonds. The van der Waals surface area contributed by atoms with E-state index >= 15 is 0 Å². The molecule has 0 saturated heterocycles. The van der Waals surface area contributed by atoms with E-state index in [1.165, 1.54) is 4.88 Å². The summed E-state index contributed by atoms with van der Waals surface area (Å²) in [6, 6.07) is 1.96. The maximum Gasteiger partial charge on any atom is 0.254 e. The number of nitrogens with zero attached hydrogens (tertiary/aromatic N) is 1. The van der Waals surface area contributed by atoms with Gasteiger partial charge in [-0.1, -0.05) is 0 Å². The van der Waals surface area contributed by atoms with Crippen molar-refractivity contribution in [3.63, 3.8) is 0 Å². The molecule has 1 aromatic heterocycles. The number of hydrogen-bond donors (Lipinski definition) is 0. The number of rotatable bonds is 4. The molecule has 0 radical (unpaired) electrons. The number of aryl methyl sites for hydroxylation is 1. The minimum Gasteiger partial charge on any atom is -0.339 e. The van der Waals surface area contributed by atoms with Crippen LogP contribution in [0.15, 0.2) is 11.4 Å². The number of carbonyl (C=O) groups excluding carboxylic acids is 1. The third-order valence-electron chi connectivity index (χ3n) is 2.91. The molecule has 2 heterocycles. The number of amides is 1. The van der Waals surface area contributed by atoms with E-state index in [0.29, 0.717) is 5.88 Å². The zero-order chi connectivity index (χ0) is 11.4. The molecule has 0 fully saturated rings. The van der Waals surface area contributed by atoms with Crippen LogP contribution >= 0.6 is 22.9 Å². The normalized spacial score (nSPS) is 16.1. The molecule has 0 aromatic carbocycles. The molecule has 1 aliphatic heterocycles. The van der Waals surface area contributed by atoms with Gasteiger partial charge in [0.2, 0.25) is 0 Å². The van der Waals surface area contributed by atoms with Gasteiger partial charge in [-0.05, 0) is 37.1 Å². The highest BCUT2D eigenvalue weighted by Crippen LogP contribution is 2.23. The predicted octanol–water partition coefficient (Wildman–Crippen LogP) is 3.16. The Morgan fingerprint density at radius 1 is 1.44 bits per heavy atom. The van der Waals surface area contributed by atoms with Gasteiger partial charge in [-0.25, -0.2) is 0 Å². The van der Waals surface area contributed by atoms with Crippen LogP contribution in [-0.4, -0.2) is 29.8 Å². The number of halogens is 1. The minimum absolute atomic E-state index is 0.211. The van der Waals surface area contributed by atoms with Crippen LogP contribution in [0.5, 0.6) is 0 Å². The molecule has 1 aromatic rings. The van der Waals surface area contributed by atoms with Gasteiger partial charge >= 0.3 is 0 Å². The number of fused-ring (bicyclic) bond motifs is 1. The Hall–Kier alpha value is -0.540. The Morgan fingerprint density at radius 3 is 3.12 bits per heavy atom. The Bertz CT molecular complexity index is 364. The van der Waals surface area contributed by atoms with Crippen LogP contribution in [0.1, 0.15) is 34.5 Å². The lowest BCUT2D eigenvalue weighted by molar-refractivity contribution is 0.0759. The number of thiophene rings is 1. The Morgan fingerprint density at radius 2 is 2.31 bits per heavy atom. The summed E-state index contributed by atoms with van der Waals surface area (Å²) in [6.07, 6.45) is 4.13. The van der Waals surface area contributed by atoms with Crippen molar-refractivity contribution in [3.8, 4) is 0 Å². The Labute approximate surface area is 105 Å². The largest absolute Gasteiger partial charge is 0.339 e. The van der Waals surface area contributed by atoms with Crippen molar-refractivity contribution < 1.29 is 4.79 Å². The van der Waals surface area contributed by atoms with Crippen molar-refractivity contribution in [2.24, 2.45) is 0 Å². The van der Waals surface area contributed by atoms with E-state index in [1.54, 1.807) is 11.3 Å². The first-order chi connectivity index (χ1) is 7.83. The molecule has 16 heavy (non-hydrogen) atoms. The fraction of sp³-hybridized carbons (Fsp3) is 0.583. The van der Waals surface area contributed by atoms with Crippen molar-refractivity contribution in [2.75, 3.05) is 19.0 Å². The van der Waals surface area contributed by atoms with Crippen LogP contribution in [0.2, 0.25) is 0 Å². The van der Waals surface area contributed by atoms with Crippen molar-refractivity contribution in [3.05, 3.63) is 21.9 Å². The molecule has 2 nitrogen and oxygen atoms in total. The molecule has 2 rings (SSSR count). The van der Waals surface area contributed by atoms with Gasteiger partial charge < -0.3 is 4.90 Å². The topological polar surface area (TPSA) is 20.3 Å². The van der Waals surface area contributed by atoms with E-state index < -0.39 is 0 Å². The summed E-state index contributed by atoms with van der Waals surface area (Å²) in [4.78, 5) is 15.4. The highest BCUT2D eigenvalue weighted by atomic mass is 35.5. The lowest BCUT2D eigenvalue weighted by atomic mass is 10.2. The quantitative estimate of drug-likeness (QED) is 0.599. The molecular weight excluding hydrogens is 242 g/mol. The highest BCUT2D eigenvalue weighted by molar-refractivity contribution is 7.10. The summed E-state index contributed by atoms with van der Waals surface area (Å²) in [7, 11) is 0. The van der Waals surface area contributed by atoms with Crippen LogP contribution in [0.4, 0.5) is 0 Å². The molecule has 0 atom stereocenters. The molecular formula is C12H16ClNOS. The SMILES string of the molecule is O=C1c2ccsc2CCCN1CCCCCl. The van der Waals surface area contributed by atoms with Crippen LogP contribution in [0, 0.1) is 0 Å². The standard InChI is InChI=1S/C12H16ClNOS/c13-6-1-2-7-14-8-3-4-11-10(12(14)15)5-9-16-11/h5,9H,1-4,6-8H2. The van der Waals surface area contributed by atoms with E-state index in [0.717, 1.165) is 44.3 Å². The van der Waals surface area contributed by atoms with E-state index in [9.17, 15) is 4.79 Å². The first kappa shape index (κ1) is 11.9. The molecule has 0 saturated carbocycles. The van der Waals surface area contributed by atoms with Crippen LogP contribution in [0.3, 0.4) is 0 Å². The van der Waals surface area contributed by atoms with Crippen LogP contribution < -0.4 is 0 Å². The third-order valence-corrected chi connectivity index (χ3v) is 4.15. The molecule has 4 heteroatoms. The van der Waals surface area contributed by atoms with Gasteiger partial charge in [-0.3, -0.25) is 4.79 Å². The fourth-order valence-electron chi connectivity index (χ4n) is 2.04. The fourth-order valence-corrected chi connectivity index (χ4v) is 3.14. The summed E-state index contributed by atoms with van der Waals surface area (Å²) in [6.45, 7) is 1.74. The average molecular weight is 258 g/mol. The molecule has 0 spiro atoms. The Kier molecular flexibility index (Phi) is 4.24. The minimum atomic E-state index is 0.211. The summed E-state index contributed by atoms with van der Waals surface area (Å²) >= 11 is 7.35. The first-order valence-electron chi connectivity index (χ1n) is 5.74. The lowest BCUT2D eigenvalue weighted by Crippen LogP contribution is -2.31. The first-order valence-corrected chi connectivity index (χ1v) is 7.16. The third kappa shape index (κ3) is 2.58. The van der Waals surface area contributed by atoms with E-state index in [-0.39, 0.29) is 5.91 Å². The van der Waals surface area contributed by atoms with Crippen LogP contribution in [-0.2, 0) is 6.42 Å². The summed E-state index contributed by atoms with van der Waals surface area (Å²) in [5, 5.41) is 2.02. The molecule has 0 unspecified atom stereocenters. The summed E-state index contributed by atoms with van der Waals surface area (Å²) < 4.78 is 0. The second kappa shape index (κ2) is 5.69. The number of carbonyl (C=O) groups is 1. The second-order valence-electron chi connectivity index (χ2n) is 4.05. The van der Waals surface area contributed by atoms with Gasteiger partial charge in [0, 0.05) is 23.8 Å². The maximum absolute atomic E-state index is 12.2. The van der Waals surface area contributed by atoms with Gasteiger partial charge in [0.25, 0.3) is 5.91 Å². The summed E-state index contributed by atoms with van der Waals surface area (Å²) in [5.41, 5.74) is 0.924.